The number of H-pyrrole nitrogens is 1. The molecule has 0 saturated carbocycles. The first kappa shape index (κ1) is 12.2. The van der Waals surface area contributed by atoms with E-state index in [1.54, 1.807) is 0 Å². The normalized spacial score (nSPS) is 17.4. The smallest absolute Gasteiger partial charge is 0.0467 e. The van der Waals surface area contributed by atoms with Crippen molar-refractivity contribution < 1.29 is 0 Å². The number of hydrogen-bond donors (Lipinski definition) is 1. The second kappa shape index (κ2) is 5.06. The molecule has 1 aromatic carbocycles. The van der Waals surface area contributed by atoms with E-state index in [1.165, 1.54) is 59.0 Å². The van der Waals surface area contributed by atoms with Crippen molar-refractivity contribution in [3.63, 3.8) is 0 Å². The number of aromatic nitrogens is 1. The fraction of sp³-hybridized carbons (Fsp3) is 0.467. The molecule has 0 unspecified atom stereocenters. The van der Waals surface area contributed by atoms with Gasteiger partial charge in [0.2, 0.25) is 0 Å². The molecule has 1 aliphatic rings. The second-order valence-corrected chi connectivity index (χ2v) is 6.07. The lowest BCUT2D eigenvalue weighted by Crippen LogP contribution is -2.29. The van der Waals surface area contributed by atoms with Crippen molar-refractivity contribution in [3.05, 3.63) is 33.9 Å². The fourth-order valence-corrected chi connectivity index (χ4v) is 3.24. The van der Waals surface area contributed by atoms with E-state index in [-0.39, 0.29) is 0 Å². The highest BCUT2D eigenvalue weighted by atomic mass is 79.9. The standard InChI is InChI=1S/C15H19BrN2/c1-11-15(16)13-9-12(5-6-14(13)17-11)10-18-7-3-2-4-8-18/h5-6,9,17H,2-4,7-8,10H2,1H3. The molecule has 1 aromatic heterocycles. The largest absolute Gasteiger partial charge is 0.358 e. The summed E-state index contributed by atoms with van der Waals surface area (Å²) in [6.45, 7) is 5.71. The van der Waals surface area contributed by atoms with Gasteiger partial charge in [0.25, 0.3) is 0 Å². The Morgan fingerprint density at radius 3 is 2.78 bits per heavy atom. The van der Waals surface area contributed by atoms with Crippen molar-refractivity contribution in [2.45, 2.75) is 32.7 Å². The van der Waals surface area contributed by atoms with Crippen molar-refractivity contribution in [3.8, 4) is 0 Å². The van der Waals surface area contributed by atoms with E-state index in [0.717, 1.165) is 6.54 Å². The molecule has 1 fully saturated rings. The molecule has 0 atom stereocenters. The van der Waals surface area contributed by atoms with Crippen LogP contribution < -0.4 is 0 Å². The molecule has 96 valence electrons. The molecule has 0 amide bonds. The lowest BCUT2D eigenvalue weighted by molar-refractivity contribution is 0.221. The summed E-state index contributed by atoms with van der Waals surface area (Å²) in [5, 5.41) is 1.31. The minimum Gasteiger partial charge on any atom is -0.358 e. The Labute approximate surface area is 116 Å². The van der Waals surface area contributed by atoms with Crippen molar-refractivity contribution in [2.75, 3.05) is 13.1 Å². The molecule has 3 heteroatoms. The van der Waals surface area contributed by atoms with Gasteiger partial charge in [-0.3, -0.25) is 4.90 Å². The van der Waals surface area contributed by atoms with E-state index in [4.69, 9.17) is 0 Å². The Morgan fingerprint density at radius 2 is 2.00 bits per heavy atom. The monoisotopic (exact) mass is 306 g/mol. The summed E-state index contributed by atoms with van der Waals surface area (Å²) >= 11 is 3.67. The van der Waals surface area contributed by atoms with Crippen LogP contribution in [-0.2, 0) is 6.54 Å². The van der Waals surface area contributed by atoms with Gasteiger partial charge in [-0.25, -0.2) is 0 Å². The molecule has 1 N–H and O–H groups in total. The molecule has 1 saturated heterocycles. The molecule has 0 radical (unpaired) electrons. The van der Waals surface area contributed by atoms with Crippen LogP contribution in [0.2, 0.25) is 0 Å². The number of hydrogen-bond acceptors (Lipinski definition) is 1. The van der Waals surface area contributed by atoms with E-state index >= 15 is 0 Å². The fourth-order valence-electron chi connectivity index (χ4n) is 2.81. The number of halogens is 1. The number of nitrogens with one attached hydrogen (secondary N) is 1. The average molecular weight is 307 g/mol. The summed E-state index contributed by atoms with van der Waals surface area (Å²) in [4.78, 5) is 5.96. The van der Waals surface area contributed by atoms with Crippen molar-refractivity contribution >= 4 is 26.8 Å². The number of aromatic amines is 1. The van der Waals surface area contributed by atoms with Crippen LogP contribution in [0.25, 0.3) is 10.9 Å². The molecule has 2 heterocycles. The van der Waals surface area contributed by atoms with Gasteiger partial charge in [-0.05, 0) is 66.5 Å². The van der Waals surface area contributed by atoms with E-state index in [1.807, 2.05) is 0 Å². The van der Waals surface area contributed by atoms with Gasteiger partial charge in [0, 0.05) is 27.6 Å². The number of fused-ring (bicyclic) bond motifs is 1. The molecular formula is C15H19BrN2. The first-order valence-electron chi connectivity index (χ1n) is 6.73. The molecule has 0 bridgehead atoms. The van der Waals surface area contributed by atoms with E-state index in [2.05, 4.69) is 50.9 Å². The van der Waals surface area contributed by atoms with Crippen LogP contribution in [-0.4, -0.2) is 23.0 Å². The number of likely N-dealkylation sites (tertiary alicyclic amines) is 1. The van der Waals surface area contributed by atoms with Crippen LogP contribution in [0.3, 0.4) is 0 Å². The van der Waals surface area contributed by atoms with Gasteiger partial charge >= 0.3 is 0 Å². The number of benzene rings is 1. The molecule has 2 aromatic rings. The zero-order valence-electron chi connectivity index (χ0n) is 10.8. The number of nitrogens with zero attached hydrogens (tertiary/aromatic N) is 1. The summed E-state index contributed by atoms with van der Waals surface area (Å²) in [5.41, 5.74) is 3.85. The van der Waals surface area contributed by atoms with E-state index < -0.39 is 0 Å². The SMILES string of the molecule is Cc1[nH]c2ccc(CN3CCCCC3)cc2c1Br. The van der Waals surface area contributed by atoms with E-state index in [9.17, 15) is 0 Å². The van der Waals surface area contributed by atoms with Gasteiger partial charge in [0.05, 0.1) is 0 Å². The lowest BCUT2D eigenvalue weighted by atomic mass is 10.1. The molecule has 1 aliphatic heterocycles. The predicted molar refractivity (Wildman–Crippen MR) is 79.9 cm³/mol. The van der Waals surface area contributed by atoms with Crippen LogP contribution in [0.15, 0.2) is 22.7 Å². The minimum atomic E-state index is 1.09. The van der Waals surface area contributed by atoms with Crippen molar-refractivity contribution in [1.82, 2.24) is 9.88 Å². The minimum absolute atomic E-state index is 1.09. The molecular weight excluding hydrogens is 288 g/mol. The Kier molecular flexibility index (Phi) is 3.44. The number of aryl methyl sites for hydroxylation is 1. The highest BCUT2D eigenvalue weighted by Gasteiger charge is 2.12. The van der Waals surface area contributed by atoms with Crippen LogP contribution in [0.5, 0.6) is 0 Å². The first-order chi connectivity index (χ1) is 8.74. The maximum absolute atomic E-state index is 3.67. The molecule has 2 nitrogen and oxygen atoms in total. The quantitative estimate of drug-likeness (QED) is 0.880. The third-order valence-electron chi connectivity index (χ3n) is 3.83. The third kappa shape index (κ3) is 2.34. The zero-order chi connectivity index (χ0) is 12.5. The molecule has 0 spiro atoms. The Balaban J connectivity index is 1.85. The maximum atomic E-state index is 3.67. The van der Waals surface area contributed by atoms with Crippen LogP contribution in [0.4, 0.5) is 0 Å². The van der Waals surface area contributed by atoms with Gasteiger partial charge in [-0.1, -0.05) is 12.5 Å². The summed E-state index contributed by atoms with van der Waals surface area (Å²) in [6.07, 6.45) is 4.11. The zero-order valence-corrected chi connectivity index (χ0v) is 12.4. The summed E-state index contributed by atoms with van der Waals surface area (Å²) in [5.74, 6) is 0. The van der Waals surface area contributed by atoms with E-state index in [0.29, 0.717) is 0 Å². The Hall–Kier alpha value is -0.800. The Bertz CT molecular complexity index is 553. The molecule has 18 heavy (non-hydrogen) atoms. The third-order valence-corrected chi connectivity index (χ3v) is 4.85. The lowest BCUT2D eigenvalue weighted by Gasteiger charge is -2.26. The van der Waals surface area contributed by atoms with Crippen LogP contribution in [0, 0.1) is 6.92 Å². The van der Waals surface area contributed by atoms with Gasteiger partial charge < -0.3 is 4.98 Å². The van der Waals surface area contributed by atoms with Gasteiger partial charge in [-0.2, -0.15) is 0 Å². The highest BCUT2D eigenvalue weighted by molar-refractivity contribution is 9.10. The Morgan fingerprint density at radius 1 is 1.22 bits per heavy atom. The maximum Gasteiger partial charge on any atom is 0.0467 e. The van der Waals surface area contributed by atoms with Crippen LogP contribution in [0.1, 0.15) is 30.5 Å². The number of rotatable bonds is 2. The van der Waals surface area contributed by atoms with Gasteiger partial charge in [-0.15, -0.1) is 0 Å². The topological polar surface area (TPSA) is 19.0 Å². The van der Waals surface area contributed by atoms with Gasteiger partial charge in [0.15, 0.2) is 0 Å². The number of piperidine rings is 1. The summed E-state index contributed by atoms with van der Waals surface area (Å²) < 4.78 is 1.21. The van der Waals surface area contributed by atoms with Crippen molar-refractivity contribution in [2.24, 2.45) is 0 Å². The predicted octanol–water partition coefficient (Wildman–Crippen LogP) is 4.22. The van der Waals surface area contributed by atoms with Crippen molar-refractivity contribution in [1.29, 1.82) is 0 Å². The summed E-state index contributed by atoms with van der Waals surface area (Å²) in [6, 6.07) is 6.77. The average Bonchev–Trinajstić information content (AvgIpc) is 2.67. The first-order valence-corrected chi connectivity index (χ1v) is 7.52. The van der Waals surface area contributed by atoms with Gasteiger partial charge in [0.1, 0.15) is 0 Å². The molecule has 3 rings (SSSR count). The molecule has 0 aliphatic carbocycles. The summed E-state index contributed by atoms with van der Waals surface area (Å²) in [7, 11) is 0. The van der Waals surface area contributed by atoms with Crippen LogP contribution >= 0.6 is 15.9 Å². The second-order valence-electron chi connectivity index (χ2n) is 5.28. The highest BCUT2D eigenvalue weighted by Crippen LogP contribution is 2.28.